The molecule has 1 aliphatic heterocycles. The predicted octanol–water partition coefficient (Wildman–Crippen LogP) is 2.29. The minimum absolute atomic E-state index is 0.0818. The molecule has 1 aliphatic rings. The smallest absolute Gasteiger partial charge is 0.228 e. The SMILES string of the molecule is CCS(=O)(=O)N1CCC[C@@H](C(=O)Nc2ccc(I)cc2)C1. The maximum Gasteiger partial charge on any atom is 0.228 e. The van der Waals surface area contributed by atoms with Crippen LogP contribution in [0.15, 0.2) is 24.3 Å². The molecule has 2 rings (SSSR count). The van der Waals surface area contributed by atoms with Gasteiger partial charge in [-0.25, -0.2) is 12.7 Å². The van der Waals surface area contributed by atoms with Gasteiger partial charge in [-0.15, -0.1) is 0 Å². The van der Waals surface area contributed by atoms with Crippen molar-refractivity contribution in [3.8, 4) is 0 Å². The van der Waals surface area contributed by atoms with Crippen molar-refractivity contribution in [1.29, 1.82) is 0 Å². The van der Waals surface area contributed by atoms with Crippen molar-refractivity contribution in [2.45, 2.75) is 19.8 Å². The molecule has 116 valence electrons. The van der Waals surface area contributed by atoms with Gasteiger partial charge in [0.1, 0.15) is 0 Å². The molecule has 1 fully saturated rings. The molecular weight excluding hydrogens is 403 g/mol. The molecule has 1 aromatic rings. The zero-order valence-electron chi connectivity index (χ0n) is 11.9. The first-order valence-electron chi connectivity index (χ1n) is 6.96. The summed E-state index contributed by atoms with van der Waals surface area (Å²) in [5.41, 5.74) is 0.746. The molecule has 1 atom stereocenters. The monoisotopic (exact) mass is 422 g/mol. The predicted molar refractivity (Wildman–Crippen MR) is 91.5 cm³/mol. The van der Waals surface area contributed by atoms with Gasteiger partial charge in [0.15, 0.2) is 0 Å². The fourth-order valence-corrected chi connectivity index (χ4v) is 3.91. The van der Waals surface area contributed by atoms with E-state index in [4.69, 9.17) is 0 Å². The molecule has 0 radical (unpaired) electrons. The van der Waals surface area contributed by atoms with Gasteiger partial charge in [0.2, 0.25) is 15.9 Å². The fourth-order valence-electron chi connectivity index (χ4n) is 2.37. The van der Waals surface area contributed by atoms with Crippen LogP contribution in [0.5, 0.6) is 0 Å². The van der Waals surface area contributed by atoms with Gasteiger partial charge in [0.05, 0.1) is 11.7 Å². The summed E-state index contributed by atoms with van der Waals surface area (Å²) in [6.45, 7) is 2.43. The topological polar surface area (TPSA) is 66.5 Å². The van der Waals surface area contributed by atoms with Gasteiger partial charge in [0.25, 0.3) is 0 Å². The van der Waals surface area contributed by atoms with Crippen LogP contribution in [0.1, 0.15) is 19.8 Å². The van der Waals surface area contributed by atoms with Crippen LogP contribution in [0.4, 0.5) is 5.69 Å². The van der Waals surface area contributed by atoms with Crippen LogP contribution in [0.2, 0.25) is 0 Å². The van der Waals surface area contributed by atoms with E-state index in [1.807, 2.05) is 24.3 Å². The van der Waals surface area contributed by atoms with Crippen LogP contribution in [0.25, 0.3) is 0 Å². The van der Waals surface area contributed by atoms with Crippen molar-refractivity contribution in [2.24, 2.45) is 5.92 Å². The Morgan fingerprint density at radius 3 is 2.67 bits per heavy atom. The Balaban J connectivity index is 2.01. The molecule has 1 amide bonds. The average Bonchev–Trinajstić information content (AvgIpc) is 2.49. The van der Waals surface area contributed by atoms with Crippen LogP contribution in [-0.2, 0) is 14.8 Å². The van der Waals surface area contributed by atoms with Crippen LogP contribution < -0.4 is 5.32 Å². The van der Waals surface area contributed by atoms with E-state index in [0.717, 1.165) is 22.1 Å². The Kier molecular flexibility index (Phi) is 5.61. The molecule has 21 heavy (non-hydrogen) atoms. The number of hydrogen-bond acceptors (Lipinski definition) is 3. The first-order valence-corrected chi connectivity index (χ1v) is 9.65. The van der Waals surface area contributed by atoms with Gasteiger partial charge in [-0.05, 0) is 66.6 Å². The summed E-state index contributed by atoms with van der Waals surface area (Å²) in [4.78, 5) is 12.3. The van der Waals surface area contributed by atoms with Crippen molar-refractivity contribution < 1.29 is 13.2 Å². The average molecular weight is 422 g/mol. The highest BCUT2D eigenvalue weighted by atomic mass is 127. The van der Waals surface area contributed by atoms with E-state index in [0.29, 0.717) is 6.54 Å². The number of benzene rings is 1. The molecule has 0 aromatic heterocycles. The second kappa shape index (κ2) is 7.06. The number of nitrogens with one attached hydrogen (secondary N) is 1. The van der Waals surface area contributed by atoms with Crippen LogP contribution in [-0.4, -0.2) is 37.5 Å². The number of anilines is 1. The fraction of sp³-hybridized carbons (Fsp3) is 0.500. The molecule has 0 spiro atoms. The molecule has 0 aliphatic carbocycles. The van der Waals surface area contributed by atoms with Gasteiger partial charge in [-0.2, -0.15) is 0 Å². The van der Waals surface area contributed by atoms with E-state index in [-0.39, 0.29) is 24.1 Å². The molecule has 1 aromatic carbocycles. The van der Waals surface area contributed by atoms with Crippen molar-refractivity contribution in [3.05, 3.63) is 27.8 Å². The number of carbonyl (C=O) groups excluding carboxylic acids is 1. The first-order chi connectivity index (χ1) is 9.92. The number of piperidine rings is 1. The Labute approximate surface area is 139 Å². The number of amides is 1. The van der Waals surface area contributed by atoms with E-state index >= 15 is 0 Å². The van der Waals surface area contributed by atoms with Gasteiger partial charge >= 0.3 is 0 Å². The Morgan fingerprint density at radius 1 is 1.38 bits per heavy atom. The quantitative estimate of drug-likeness (QED) is 0.758. The largest absolute Gasteiger partial charge is 0.326 e. The van der Waals surface area contributed by atoms with Gasteiger partial charge in [-0.3, -0.25) is 4.79 Å². The minimum Gasteiger partial charge on any atom is -0.326 e. The van der Waals surface area contributed by atoms with Gasteiger partial charge in [0, 0.05) is 22.3 Å². The lowest BCUT2D eigenvalue weighted by molar-refractivity contribution is -0.120. The number of halogens is 1. The number of nitrogens with zero attached hydrogens (tertiary/aromatic N) is 1. The molecule has 0 bridgehead atoms. The molecule has 0 saturated carbocycles. The van der Waals surface area contributed by atoms with Gasteiger partial charge in [-0.1, -0.05) is 0 Å². The molecule has 0 unspecified atom stereocenters. The maximum absolute atomic E-state index is 12.3. The Bertz CT molecular complexity index is 601. The maximum atomic E-state index is 12.3. The van der Waals surface area contributed by atoms with Crippen molar-refractivity contribution in [3.63, 3.8) is 0 Å². The molecule has 7 heteroatoms. The minimum atomic E-state index is -3.21. The molecule has 1 saturated heterocycles. The van der Waals surface area contributed by atoms with Crippen molar-refractivity contribution in [1.82, 2.24) is 4.31 Å². The Morgan fingerprint density at radius 2 is 2.05 bits per heavy atom. The summed E-state index contributed by atoms with van der Waals surface area (Å²) in [5, 5.41) is 2.87. The number of rotatable bonds is 4. The number of carbonyl (C=O) groups is 1. The summed E-state index contributed by atoms with van der Waals surface area (Å²) in [7, 11) is -3.21. The first kappa shape index (κ1) is 16.7. The van der Waals surface area contributed by atoms with Crippen molar-refractivity contribution >= 4 is 44.2 Å². The third-order valence-corrected chi connectivity index (χ3v) is 6.19. The second-order valence-corrected chi connectivity index (χ2v) is 8.60. The normalized spacial score (nSPS) is 20.2. The summed E-state index contributed by atoms with van der Waals surface area (Å²) in [6.07, 6.45) is 1.45. The Hall–Kier alpha value is -0.670. The van der Waals surface area contributed by atoms with Crippen LogP contribution >= 0.6 is 22.6 Å². The molecule has 1 N–H and O–H groups in total. The van der Waals surface area contributed by atoms with Gasteiger partial charge < -0.3 is 5.32 Å². The third kappa shape index (κ3) is 4.40. The second-order valence-electron chi connectivity index (χ2n) is 5.09. The van der Waals surface area contributed by atoms with E-state index in [1.54, 1.807) is 6.92 Å². The summed E-state index contributed by atoms with van der Waals surface area (Å²) in [5.74, 6) is -0.301. The highest BCUT2D eigenvalue weighted by Gasteiger charge is 2.31. The van der Waals surface area contributed by atoms with E-state index in [9.17, 15) is 13.2 Å². The number of sulfonamides is 1. The zero-order valence-corrected chi connectivity index (χ0v) is 14.9. The highest BCUT2D eigenvalue weighted by Crippen LogP contribution is 2.21. The van der Waals surface area contributed by atoms with E-state index < -0.39 is 10.0 Å². The molecular formula is C14H19IN2O3S. The van der Waals surface area contributed by atoms with E-state index in [1.165, 1.54) is 4.31 Å². The van der Waals surface area contributed by atoms with Crippen LogP contribution in [0.3, 0.4) is 0 Å². The number of hydrogen-bond donors (Lipinski definition) is 1. The van der Waals surface area contributed by atoms with Crippen molar-refractivity contribution in [2.75, 3.05) is 24.2 Å². The third-order valence-electron chi connectivity index (χ3n) is 3.62. The zero-order chi connectivity index (χ0) is 15.5. The lowest BCUT2D eigenvalue weighted by atomic mass is 9.99. The summed E-state index contributed by atoms with van der Waals surface area (Å²) < 4.78 is 26.4. The van der Waals surface area contributed by atoms with E-state index in [2.05, 4.69) is 27.9 Å². The molecule has 5 nitrogen and oxygen atoms in total. The summed E-state index contributed by atoms with van der Waals surface area (Å²) >= 11 is 2.20. The lowest BCUT2D eigenvalue weighted by Gasteiger charge is -2.30. The standard InChI is InChI=1S/C14H19IN2O3S/c1-2-21(19,20)17-9-3-4-11(10-17)14(18)16-13-7-5-12(15)6-8-13/h5-8,11H,2-4,9-10H2,1H3,(H,16,18)/t11-/m1/s1. The molecule has 1 heterocycles. The highest BCUT2D eigenvalue weighted by molar-refractivity contribution is 14.1. The summed E-state index contributed by atoms with van der Waals surface area (Å²) in [6, 6.07) is 7.54. The van der Waals surface area contributed by atoms with Crippen LogP contribution in [0, 0.1) is 9.49 Å². The lowest BCUT2D eigenvalue weighted by Crippen LogP contribution is -2.44.